The number of hydrogen-bond acceptors (Lipinski definition) is 2. The molecule has 0 radical (unpaired) electrons. The first-order valence-electron chi connectivity index (χ1n) is 8.78. The summed E-state index contributed by atoms with van der Waals surface area (Å²) in [7, 11) is 1.77. The summed E-state index contributed by atoms with van der Waals surface area (Å²) in [6.45, 7) is 3.94. The Kier molecular flexibility index (Phi) is 5.53. The number of amides is 1. The fourth-order valence-electron chi connectivity index (χ4n) is 2.96. The van der Waals surface area contributed by atoms with E-state index in [4.69, 9.17) is 0 Å². The maximum Gasteiger partial charge on any atom is 0.274 e. The van der Waals surface area contributed by atoms with Gasteiger partial charge >= 0.3 is 0 Å². The van der Waals surface area contributed by atoms with E-state index in [1.54, 1.807) is 35.1 Å². The number of halogens is 3. The molecule has 0 unspecified atom stereocenters. The summed E-state index contributed by atoms with van der Waals surface area (Å²) in [5, 5.41) is 0. The third kappa shape index (κ3) is 4.24. The molecule has 0 saturated heterocycles. The summed E-state index contributed by atoms with van der Waals surface area (Å²) in [5.74, 6) is -2.41. The lowest BCUT2D eigenvalue weighted by Gasteiger charge is -2.26. The third-order valence-corrected chi connectivity index (χ3v) is 4.37. The number of hydrogen-bond donors (Lipinski definition) is 0. The van der Waals surface area contributed by atoms with Crippen LogP contribution < -0.4 is 0 Å². The number of rotatable bonds is 5. The highest BCUT2D eigenvalue weighted by molar-refractivity contribution is 5.92. The number of imidazole rings is 1. The minimum Gasteiger partial charge on any atom is -0.340 e. The van der Waals surface area contributed by atoms with Crippen LogP contribution in [0.3, 0.4) is 0 Å². The quantitative estimate of drug-likeness (QED) is 0.644. The standard InChI is InChI=1S/C21H20F3N3O/c1-13(2)27(21(28)20-11-26(3)12-25-20)10-14-4-5-19(24)18(6-14)15-7-16(22)9-17(23)8-15/h4-9,11-13H,10H2,1-3H3. The van der Waals surface area contributed by atoms with Crippen LogP contribution in [0, 0.1) is 17.5 Å². The molecule has 146 valence electrons. The summed E-state index contributed by atoms with van der Waals surface area (Å²) in [4.78, 5) is 18.5. The highest BCUT2D eigenvalue weighted by atomic mass is 19.1. The molecule has 3 aromatic rings. The molecule has 0 fully saturated rings. The molecular weight excluding hydrogens is 367 g/mol. The van der Waals surface area contributed by atoms with Gasteiger partial charge in [0.15, 0.2) is 0 Å². The number of nitrogens with zero attached hydrogens (tertiary/aromatic N) is 3. The molecule has 0 aliphatic rings. The van der Waals surface area contributed by atoms with Crippen molar-refractivity contribution in [2.24, 2.45) is 7.05 Å². The summed E-state index contributed by atoms with van der Waals surface area (Å²) >= 11 is 0. The minimum absolute atomic E-state index is 0.0740. The molecule has 3 rings (SSSR count). The average Bonchev–Trinajstić information content (AvgIpc) is 3.05. The first-order chi connectivity index (χ1) is 13.2. The summed E-state index contributed by atoms with van der Waals surface area (Å²) < 4.78 is 43.0. The maximum absolute atomic E-state index is 14.3. The third-order valence-electron chi connectivity index (χ3n) is 4.37. The molecule has 0 saturated carbocycles. The predicted molar refractivity (Wildman–Crippen MR) is 100.0 cm³/mol. The van der Waals surface area contributed by atoms with E-state index < -0.39 is 17.5 Å². The van der Waals surface area contributed by atoms with Crippen LogP contribution in [0.1, 0.15) is 29.9 Å². The van der Waals surface area contributed by atoms with Gasteiger partial charge in [-0.2, -0.15) is 0 Å². The van der Waals surface area contributed by atoms with Gasteiger partial charge in [0, 0.05) is 37.5 Å². The van der Waals surface area contributed by atoms with Crippen molar-refractivity contribution in [1.82, 2.24) is 14.5 Å². The fourth-order valence-corrected chi connectivity index (χ4v) is 2.96. The van der Waals surface area contributed by atoms with Crippen molar-refractivity contribution in [3.63, 3.8) is 0 Å². The van der Waals surface area contributed by atoms with Crippen molar-refractivity contribution in [3.05, 3.63) is 77.6 Å². The van der Waals surface area contributed by atoms with Crippen LogP contribution in [0.15, 0.2) is 48.9 Å². The van der Waals surface area contributed by atoms with E-state index in [1.807, 2.05) is 13.8 Å². The van der Waals surface area contributed by atoms with Crippen molar-refractivity contribution in [3.8, 4) is 11.1 Å². The van der Waals surface area contributed by atoms with Crippen molar-refractivity contribution in [2.75, 3.05) is 0 Å². The Hall–Kier alpha value is -3.09. The van der Waals surface area contributed by atoms with Crippen molar-refractivity contribution >= 4 is 5.91 Å². The first-order valence-corrected chi connectivity index (χ1v) is 8.78. The van der Waals surface area contributed by atoms with Crippen molar-refractivity contribution < 1.29 is 18.0 Å². The van der Waals surface area contributed by atoms with E-state index in [1.165, 1.54) is 12.1 Å². The van der Waals surface area contributed by atoms with Crippen molar-refractivity contribution in [2.45, 2.75) is 26.4 Å². The van der Waals surface area contributed by atoms with E-state index in [0.717, 1.165) is 18.2 Å². The Balaban J connectivity index is 1.93. The lowest BCUT2D eigenvalue weighted by molar-refractivity contribution is 0.0684. The first kappa shape index (κ1) is 19.7. The van der Waals surface area contributed by atoms with Gasteiger partial charge in [-0.15, -0.1) is 0 Å². The summed E-state index contributed by atoms with van der Waals surface area (Å²) in [6.07, 6.45) is 3.17. The number of aromatic nitrogens is 2. The molecule has 1 heterocycles. The molecule has 1 aromatic heterocycles. The fraction of sp³-hybridized carbons (Fsp3) is 0.238. The second-order valence-corrected chi connectivity index (χ2v) is 6.92. The SMILES string of the molecule is CC(C)N(Cc1ccc(F)c(-c2cc(F)cc(F)c2)c1)C(=O)c1cn(C)cn1. The van der Waals surface area contributed by atoms with Gasteiger partial charge in [-0.25, -0.2) is 18.2 Å². The van der Waals surface area contributed by atoms with Gasteiger partial charge in [-0.3, -0.25) is 4.79 Å². The van der Waals surface area contributed by atoms with Crippen LogP contribution in [-0.2, 0) is 13.6 Å². The normalized spacial score (nSPS) is 11.1. The molecular formula is C21H20F3N3O. The average molecular weight is 387 g/mol. The van der Waals surface area contributed by atoms with Gasteiger partial charge in [0.25, 0.3) is 5.91 Å². The van der Waals surface area contributed by atoms with Crippen LogP contribution in [0.2, 0.25) is 0 Å². The summed E-state index contributed by atoms with van der Waals surface area (Å²) in [6, 6.07) is 7.04. The van der Waals surface area contributed by atoms with E-state index in [2.05, 4.69) is 4.98 Å². The Morgan fingerprint density at radius 1 is 1.11 bits per heavy atom. The monoisotopic (exact) mass is 387 g/mol. The van der Waals surface area contributed by atoms with Crippen molar-refractivity contribution in [1.29, 1.82) is 0 Å². The Labute approximate surface area is 161 Å². The molecule has 0 aliphatic heterocycles. The second-order valence-electron chi connectivity index (χ2n) is 6.92. The molecule has 4 nitrogen and oxygen atoms in total. The molecule has 0 aliphatic carbocycles. The van der Waals surface area contributed by atoms with Gasteiger partial charge in [-0.1, -0.05) is 6.07 Å². The molecule has 28 heavy (non-hydrogen) atoms. The zero-order valence-electron chi connectivity index (χ0n) is 15.8. The number of benzene rings is 2. The second kappa shape index (κ2) is 7.88. The van der Waals surface area contributed by atoms with Crippen LogP contribution in [0.25, 0.3) is 11.1 Å². The molecule has 0 N–H and O–H groups in total. The van der Waals surface area contributed by atoms with E-state index in [0.29, 0.717) is 11.3 Å². The topological polar surface area (TPSA) is 38.1 Å². The molecule has 2 aromatic carbocycles. The number of aryl methyl sites for hydroxylation is 1. The van der Waals surface area contributed by atoms with Crippen LogP contribution in [0.5, 0.6) is 0 Å². The zero-order valence-corrected chi connectivity index (χ0v) is 15.8. The van der Waals surface area contributed by atoms with Crippen LogP contribution >= 0.6 is 0 Å². The van der Waals surface area contributed by atoms with Gasteiger partial charge in [0.2, 0.25) is 0 Å². The largest absolute Gasteiger partial charge is 0.340 e. The van der Waals surface area contributed by atoms with Gasteiger partial charge < -0.3 is 9.47 Å². The van der Waals surface area contributed by atoms with Gasteiger partial charge in [-0.05, 0) is 49.2 Å². The van der Waals surface area contributed by atoms with Gasteiger partial charge in [0.05, 0.1) is 6.33 Å². The lowest BCUT2D eigenvalue weighted by Crippen LogP contribution is -2.36. The number of carbonyl (C=O) groups excluding carboxylic acids is 1. The predicted octanol–water partition coefficient (Wildman–Crippen LogP) is 4.56. The summed E-state index contributed by atoms with van der Waals surface area (Å²) in [5.41, 5.74) is 1.12. The molecule has 1 amide bonds. The lowest BCUT2D eigenvalue weighted by atomic mass is 10.0. The smallest absolute Gasteiger partial charge is 0.274 e. The highest BCUT2D eigenvalue weighted by Crippen LogP contribution is 2.26. The Morgan fingerprint density at radius 3 is 2.36 bits per heavy atom. The van der Waals surface area contributed by atoms with Crippen LogP contribution in [-0.4, -0.2) is 26.4 Å². The molecule has 0 bridgehead atoms. The van der Waals surface area contributed by atoms with E-state index in [9.17, 15) is 18.0 Å². The molecule has 0 atom stereocenters. The zero-order chi connectivity index (χ0) is 20.4. The van der Waals surface area contributed by atoms with Gasteiger partial charge in [0.1, 0.15) is 23.1 Å². The molecule has 0 spiro atoms. The van der Waals surface area contributed by atoms with Crippen LogP contribution in [0.4, 0.5) is 13.2 Å². The van der Waals surface area contributed by atoms with E-state index >= 15 is 0 Å². The van der Waals surface area contributed by atoms with E-state index in [-0.39, 0.29) is 29.6 Å². The Bertz CT molecular complexity index is 994. The molecule has 7 heteroatoms. The highest BCUT2D eigenvalue weighted by Gasteiger charge is 2.21. The Morgan fingerprint density at radius 2 is 1.79 bits per heavy atom. The maximum atomic E-state index is 14.3. The minimum atomic E-state index is -0.783. The number of carbonyl (C=O) groups is 1.